The van der Waals surface area contributed by atoms with Crippen LogP contribution in [0.3, 0.4) is 0 Å². The van der Waals surface area contributed by atoms with Crippen molar-refractivity contribution in [2.75, 3.05) is 0 Å². The zero-order valence-electron chi connectivity index (χ0n) is 44.4. The van der Waals surface area contributed by atoms with Crippen molar-refractivity contribution in [1.29, 1.82) is 0 Å². The number of fused-ring (bicyclic) bond motifs is 4. The van der Waals surface area contributed by atoms with E-state index in [1.54, 1.807) is 12.3 Å². The summed E-state index contributed by atoms with van der Waals surface area (Å²) in [4.78, 5) is 0. The molecule has 0 aliphatic heterocycles. The van der Waals surface area contributed by atoms with Crippen LogP contribution >= 0.6 is 0 Å². The molecule has 0 saturated heterocycles. The van der Waals surface area contributed by atoms with Gasteiger partial charge in [-0.3, -0.25) is 0 Å². The molecule has 0 radical (unpaired) electrons. The highest BCUT2D eigenvalue weighted by Gasteiger charge is 2.39. The van der Waals surface area contributed by atoms with Gasteiger partial charge in [0.15, 0.2) is 0 Å². The normalized spacial score (nSPS) is 16.8. The zero-order valence-corrected chi connectivity index (χ0v) is 44.4. The molecule has 370 valence electrons. The molecule has 1 unspecified atom stereocenters. The van der Waals surface area contributed by atoms with Crippen LogP contribution < -0.4 is 16.2 Å². The molecule has 1 heterocycles. The number of benzene rings is 5. The van der Waals surface area contributed by atoms with Crippen LogP contribution in [-0.4, -0.2) is 4.57 Å². The van der Waals surface area contributed by atoms with Gasteiger partial charge in [0, 0.05) is 27.8 Å². The Labute approximate surface area is 437 Å². The number of nitrogens with zero attached hydrogens (tertiary/aromatic N) is 1. The van der Waals surface area contributed by atoms with Gasteiger partial charge in [-0.15, -0.1) is 0 Å². The molecule has 0 amide bonds. The Morgan fingerprint density at radius 2 is 1.45 bits per heavy atom. The fourth-order valence-electron chi connectivity index (χ4n) is 9.36. The molecule has 2 heteroatoms. The van der Waals surface area contributed by atoms with E-state index in [1.807, 2.05) is 43.4 Å². The fourth-order valence-corrected chi connectivity index (χ4v) is 9.36. The van der Waals surface area contributed by atoms with Crippen LogP contribution in [0.25, 0.3) is 49.8 Å². The Hall–Kier alpha value is -7.94. The molecular formula is C71H76N2. The van der Waals surface area contributed by atoms with Crippen LogP contribution in [0.4, 0.5) is 0 Å². The third-order valence-electron chi connectivity index (χ3n) is 13.5. The lowest BCUT2D eigenvalue weighted by atomic mass is 9.80. The fraction of sp³-hybridized carbons (Fsp3) is 0.183. The second kappa shape index (κ2) is 27.0. The summed E-state index contributed by atoms with van der Waals surface area (Å²) in [5.74, 6) is 0.991. The predicted octanol–water partition coefficient (Wildman–Crippen LogP) is 17.8. The number of rotatable bonds is 14. The molecule has 73 heavy (non-hydrogen) atoms. The molecule has 2 nitrogen and oxygen atoms in total. The smallest absolute Gasteiger partial charge is 0.0547 e. The second-order valence-corrected chi connectivity index (χ2v) is 19.3. The van der Waals surface area contributed by atoms with Crippen molar-refractivity contribution in [3.05, 3.63) is 295 Å². The molecule has 0 spiro atoms. The van der Waals surface area contributed by atoms with Gasteiger partial charge in [-0.05, 0) is 136 Å². The lowest BCUT2D eigenvalue weighted by Gasteiger charge is -2.23. The molecule has 2 N–H and O–H groups in total. The van der Waals surface area contributed by atoms with E-state index in [9.17, 15) is 0 Å². The summed E-state index contributed by atoms with van der Waals surface area (Å²) in [7, 11) is 0. The van der Waals surface area contributed by atoms with E-state index in [2.05, 4.69) is 247 Å². The van der Waals surface area contributed by atoms with Crippen LogP contribution in [0.15, 0.2) is 262 Å². The topological polar surface area (TPSA) is 30.9 Å². The lowest BCUT2D eigenvalue weighted by molar-refractivity contribution is 0.626. The average Bonchev–Trinajstić information content (AvgIpc) is 3.84. The lowest BCUT2D eigenvalue weighted by Crippen LogP contribution is -2.33. The van der Waals surface area contributed by atoms with Crippen LogP contribution in [0.5, 0.6) is 0 Å². The average molecular weight is 957 g/mol. The van der Waals surface area contributed by atoms with Gasteiger partial charge in [-0.25, -0.2) is 0 Å². The van der Waals surface area contributed by atoms with Crippen LogP contribution in [0.2, 0.25) is 0 Å². The molecule has 5 aromatic carbocycles. The van der Waals surface area contributed by atoms with E-state index in [-0.39, 0.29) is 11.3 Å². The van der Waals surface area contributed by atoms with Crippen molar-refractivity contribution < 1.29 is 0 Å². The molecular weight excluding hydrogens is 881 g/mol. The summed E-state index contributed by atoms with van der Waals surface area (Å²) in [5, 5.41) is 4.99. The first-order chi connectivity index (χ1) is 35.5. The standard InChI is InChI=1S/C59H54N2.C7H10.C5H12/c1-6-49(31-17-16-23-44(24-22-38-60)36-37-48(46-27-12-8-13-28-46)39-42(2)45-25-10-7-11-26-45)61-56-35-21-20-33-51(56)54-40-55-53(41-57(54)61)43(3)58(59(55,4)5)52-34-19-18-32-50(52)47-29-14-9-15-30-47;1-3-5-7-6-4-2;1-4-5(2)3/h6-22,24-29,31-41,48H,1,3,23,30,60H2,2,4-5H3;3-7H,1H2,2H3;5H,4H2,1-3H3/b17-16-,37-36+,38-22-,42-39+,44-24-,49-31+,50-47-,58-52+;6-4-,7-5-;. The van der Waals surface area contributed by atoms with Crippen LogP contribution in [0.1, 0.15) is 95.9 Å². The summed E-state index contributed by atoms with van der Waals surface area (Å²) in [6, 6.07) is 43.6. The number of aromatic nitrogens is 1. The Kier molecular flexibility index (Phi) is 20.1. The quantitative estimate of drug-likeness (QED) is 0.108. The van der Waals surface area contributed by atoms with E-state index in [0.717, 1.165) is 46.6 Å². The largest absolute Gasteiger partial charge is 0.405 e. The molecule has 8 rings (SSSR count). The number of para-hydroxylation sites is 1. The highest BCUT2D eigenvalue weighted by molar-refractivity contribution is 6.15. The summed E-state index contributed by atoms with van der Waals surface area (Å²) >= 11 is 0. The summed E-state index contributed by atoms with van der Waals surface area (Å²) < 4.78 is 2.35. The van der Waals surface area contributed by atoms with Gasteiger partial charge in [-0.2, -0.15) is 0 Å². The predicted molar refractivity (Wildman–Crippen MR) is 324 cm³/mol. The number of hydrogen-bond donors (Lipinski definition) is 1. The maximum Gasteiger partial charge on any atom is 0.0547 e. The molecule has 0 bridgehead atoms. The molecule has 2 aliphatic rings. The second-order valence-electron chi connectivity index (χ2n) is 19.3. The highest BCUT2D eigenvalue weighted by atomic mass is 15.0. The number of nitrogens with two attached hydrogens (primary N) is 1. The molecule has 0 saturated carbocycles. The van der Waals surface area contributed by atoms with E-state index >= 15 is 0 Å². The molecule has 0 fully saturated rings. The molecule has 6 aromatic rings. The van der Waals surface area contributed by atoms with Gasteiger partial charge in [0.05, 0.1) is 11.0 Å². The third kappa shape index (κ3) is 13.7. The maximum absolute atomic E-state index is 5.83. The van der Waals surface area contributed by atoms with E-state index in [1.165, 1.54) is 66.6 Å². The first-order valence-electron chi connectivity index (χ1n) is 25.9. The van der Waals surface area contributed by atoms with Crippen LogP contribution in [0, 0.1) is 5.92 Å². The van der Waals surface area contributed by atoms with E-state index in [4.69, 9.17) is 12.3 Å². The van der Waals surface area contributed by atoms with E-state index in [0.29, 0.717) is 0 Å². The van der Waals surface area contributed by atoms with Crippen molar-refractivity contribution in [2.45, 2.75) is 79.1 Å². The molecule has 2 aliphatic carbocycles. The monoisotopic (exact) mass is 957 g/mol. The van der Waals surface area contributed by atoms with Gasteiger partial charge in [0.2, 0.25) is 0 Å². The first kappa shape index (κ1) is 54.4. The molecule has 1 atom stereocenters. The van der Waals surface area contributed by atoms with Crippen molar-refractivity contribution in [3.8, 4) is 0 Å². The minimum atomic E-state index is -0.245. The summed E-state index contributed by atoms with van der Waals surface area (Å²) in [6.07, 6.45) is 42.1. The van der Waals surface area contributed by atoms with Crippen molar-refractivity contribution in [3.63, 3.8) is 0 Å². The van der Waals surface area contributed by atoms with Crippen molar-refractivity contribution in [2.24, 2.45) is 11.7 Å². The van der Waals surface area contributed by atoms with Crippen molar-refractivity contribution in [1.82, 2.24) is 4.57 Å². The highest BCUT2D eigenvalue weighted by Crippen LogP contribution is 2.51. The van der Waals surface area contributed by atoms with Crippen molar-refractivity contribution >= 4 is 49.8 Å². The number of hydrogen-bond acceptors (Lipinski definition) is 1. The minimum Gasteiger partial charge on any atom is -0.405 e. The van der Waals surface area contributed by atoms with Crippen LogP contribution in [-0.2, 0) is 5.41 Å². The Morgan fingerprint density at radius 1 is 0.767 bits per heavy atom. The third-order valence-corrected chi connectivity index (χ3v) is 13.5. The SMILES string of the molecule is C=C/C(=C\C=C/CC(=C/C=C\N)/C=C/C(/C=C(\C)c1ccccc1)c1ccccc1)n1c2ccccc2c2cc3c(cc21)C(=C)/C(=c1/cccc/c1=C1\C=CC=CC1)C3(C)C.C=C/C=C\C=C/C.CCC(C)C. The first-order valence-corrected chi connectivity index (χ1v) is 25.9. The summed E-state index contributed by atoms with van der Waals surface area (Å²) in [5.41, 5.74) is 20.0. The Bertz CT molecular complexity index is 3320. The summed E-state index contributed by atoms with van der Waals surface area (Å²) in [6.45, 7) is 28.1. The Balaban J connectivity index is 0.000000648. The maximum atomic E-state index is 5.83. The van der Waals surface area contributed by atoms with Gasteiger partial charge in [-0.1, -0.05) is 255 Å². The van der Waals surface area contributed by atoms with Gasteiger partial charge in [0.25, 0.3) is 0 Å². The van der Waals surface area contributed by atoms with E-state index < -0.39 is 0 Å². The number of allylic oxidation sites excluding steroid dienone is 22. The van der Waals surface area contributed by atoms with Gasteiger partial charge in [0.1, 0.15) is 0 Å². The van der Waals surface area contributed by atoms with Gasteiger partial charge >= 0.3 is 0 Å². The zero-order chi connectivity index (χ0) is 52.2. The Morgan fingerprint density at radius 3 is 2.11 bits per heavy atom. The molecule has 1 aromatic heterocycles. The van der Waals surface area contributed by atoms with Gasteiger partial charge < -0.3 is 10.3 Å². The minimum absolute atomic E-state index is 0.107.